The third-order valence-electron chi connectivity index (χ3n) is 3.45. The molecule has 3 heteroatoms. The van der Waals surface area contributed by atoms with Crippen molar-refractivity contribution in [2.45, 2.75) is 38.3 Å². The fourth-order valence-corrected chi connectivity index (χ4v) is 3.28. The maximum absolute atomic E-state index is 10.1. The van der Waals surface area contributed by atoms with Crippen LogP contribution in [0.2, 0.25) is 0 Å². The van der Waals surface area contributed by atoms with Crippen molar-refractivity contribution in [1.82, 2.24) is 4.57 Å². The SMILES string of the molecule is OC1CCCCc2cn(Cc3cccs3)cc21. The summed E-state index contributed by atoms with van der Waals surface area (Å²) in [6, 6.07) is 4.25. The van der Waals surface area contributed by atoms with Crippen molar-refractivity contribution in [2.75, 3.05) is 0 Å². The summed E-state index contributed by atoms with van der Waals surface area (Å²) in [4.78, 5) is 1.37. The lowest BCUT2D eigenvalue weighted by Crippen LogP contribution is -1.96. The molecule has 1 unspecified atom stereocenters. The maximum Gasteiger partial charge on any atom is 0.0807 e. The largest absolute Gasteiger partial charge is 0.388 e. The van der Waals surface area contributed by atoms with Gasteiger partial charge in [-0.25, -0.2) is 0 Å². The molecule has 1 N–H and O–H groups in total. The second kappa shape index (κ2) is 4.67. The van der Waals surface area contributed by atoms with Crippen LogP contribution < -0.4 is 0 Å². The molecule has 17 heavy (non-hydrogen) atoms. The minimum absolute atomic E-state index is 0.253. The van der Waals surface area contributed by atoms with E-state index in [4.69, 9.17) is 0 Å². The van der Waals surface area contributed by atoms with Gasteiger partial charge in [-0.2, -0.15) is 0 Å². The van der Waals surface area contributed by atoms with Crippen LogP contribution in [-0.4, -0.2) is 9.67 Å². The molecule has 2 aromatic heterocycles. The normalized spacial score (nSPS) is 19.9. The highest BCUT2D eigenvalue weighted by Crippen LogP contribution is 2.29. The van der Waals surface area contributed by atoms with Crippen LogP contribution in [0.4, 0.5) is 0 Å². The van der Waals surface area contributed by atoms with E-state index in [1.165, 1.54) is 16.9 Å². The number of aromatic nitrogens is 1. The summed E-state index contributed by atoms with van der Waals surface area (Å²) in [6.45, 7) is 0.928. The van der Waals surface area contributed by atoms with E-state index in [0.29, 0.717) is 0 Å². The van der Waals surface area contributed by atoms with Crippen molar-refractivity contribution in [3.8, 4) is 0 Å². The Balaban J connectivity index is 1.86. The lowest BCUT2D eigenvalue weighted by atomic mass is 10.1. The summed E-state index contributed by atoms with van der Waals surface area (Å²) in [5.74, 6) is 0. The van der Waals surface area contributed by atoms with Crippen molar-refractivity contribution in [1.29, 1.82) is 0 Å². The molecule has 1 atom stereocenters. The van der Waals surface area contributed by atoms with E-state index < -0.39 is 0 Å². The van der Waals surface area contributed by atoms with Crippen LogP contribution in [0.25, 0.3) is 0 Å². The Morgan fingerprint density at radius 2 is 2.29 bits per heavy atom. The van der Waals surface area contributed by atoms with Gasteiger partial charge in [0, 0.05) is 22.8 Å². The highest BCUT2D eigenvalue weighted by atomic mass is 32.1. The third-order valence-corrected chi connectivity index (χ3v) is 4.31. The van der Waals surface area contributed by atoms with Crippen molar-refractivity contribution in [3.05, 3.63) is 45.9 Å². The Morgan fingerprint density at radius 1 is 1.35 bits per heavy atom. The highest BCUT2D eigenvalue weighted by Gasteiger charge is 2.18. The van der Waals surface area contributed by atoms with E-state index in [1.807, 2.05) is 0 Å². The molecule has 0 radical (unpaired) electrons. The van der Waals surface area contributed by atoms with E-state index in [2.05, 4.69) is 34.5 Å². The van der Waals surface area contributed by atoms with Gasteiger partial charge in [0.1, 0.15) is 0 Å². The molecule has 0 aliphatic heterocycles. The fraction of sp³-hybridized carbons (Fsp3) is 0.429. The zero-order valence-corrected chi connectivity index (χ0v) is 10.6. The van der Waals surface area contributed by atoms with Crippen LogP contribution >= 0.6 is 11.3 Å². The quantitative estimate of drug-likeness (QED) is 0.809. The highest BCUT2D eigenvalue weighted by molar-refractivity contribution is 7.09. The second-order valence-electron chi connectivity index (χ2n) is 4.75. The molecule has 0 amide bonds. The van der Waals surface area contributed by atoms with Gasteiger partial charge < -0.3 is 9.67 Å². The summed E-state index contributed by atoms with van der Waals surface area (Å²) in [6.07, 6.45) is 8.46. The molecular weight excluding hydrogens is 230 g/mol. The Bertz CT molecular complexity index is 486. The first-order valence-corrected chi connectivity index (χ1v) is 7.10. The minimum Gasteiger partial charge on any atom is -0.388 e. The maximum atomic E-state index is 10.1. The van der Waals surface area contributed by atoms with Crippen molar-refractivity contribution >= 4 is 11.3 Å². The van der Waals surface area contributed by atoms with E-state index in [-0.39, 0.29) is 6.10 Å². The molecular formula is C14H17NOS. The summed E-state index contributed by atoms with van der Waals surface area (Å²) < 4.78 is 2.21. The molecule has 0 saturated heterocycles. The van der Waals surface area contributed by atoms with E-state index in [1.54, 1.807) is 11.3 Å². The van der Waals surface area contributed by atoms with Crippen LogP contribution in [0.15, 0.2) is 29.9 Å². The first kappa shape index (κ1) is 11.1. The van der Waals surface area contributed by atoms with E-state index in [0.717, 1.165) is 31.4 Å². The Morgan fingerprint density at radius 3 is 3.12 bits per heavy atom. The standard InChI is InChI=1S/C14H17NOS/c16-14-6-2-1-4-11-8-15(10-13(11)14)9-12-5-3-7-17-12/h3,5,7-8,10,14,16H,1-2,4,6,9H2. The lowest BCUT2D eigenvalue weighted by molar-refractivity contribution is 0.166. The zero-order chi connectivity index (χ0) is 11.7. The Kier molecular flexibility index (Phi) is 3.04. The molecule has 0 fully saturated rings. The molecule has 1 aliphatic carbocycles. The molecule has 0 bridgehead atoms. The number of aliphatic hydroxyl groups excluding tert-OH is 1. The van der Waals surface area contributed by atoms with Crippen molar-refractivity contribution in [2.24, 2.45) is 0 Å². The minimum atomic E-state index is -0.253. The first-order valence-electron chi connectivity index (χ1n) is 6.22. The zero-order valence-electron chi connectivity index (χ0n) is 9.80. The number of fused-ring (bicyclic) bond motifs is 1. The van der Waals surface area contributed by atoms with Gasteiger partial charge in [0.25, 0.3) is 0 Å². The summed E-state index contributed by atoms with van der Waals surface area (Å²) >= 11 is 1.79. The number of aryl methyl sites for hydroxylation is 1. The molecule has 90 valence electrons. The molecule has 0 spiro atoms. The van der Waals surface area contributed by atoms with Gasteiger partial charge in [0.15, 0.2) is 0 Å². The molecule has 0 aromatic carbocycles. The summed E-state index contributed by atoms with van der Waals surface area (Å²) in [5, 5.41) is 12.2. The summed E-state index contributed by atoms with van der Waals surface area (Å²) in [7, 11) is 0. The monoisotopic (exact) mass is 247 g/mol. The third kappa shape index (κ3) is 2.31. The van der Waals surface area contributed by atoms with Crippen LogP contribution in [0.3, 0.4) is 0 Å². The van der Waals surface area contributed by atoms with Crippen LogP contribution in [0.5, 0.6) is 0 Å². The molecule has 2 nitrogen and oxygen atoms in total. The van der Waals surface area contributed by atoms with E-state index in [9.17, 15) is 5.11 Å². The van der Waals surface area contributed by atoms with E-state index >= 15 is 0 Å². The van der Waals surface area contributed by atoms with Gasteiger partial charge >= 0.3 is 0 Å². The number of hydrogen-bond donors (Lipinski definition) is 1. The van der Waals surface area contributed by atoms with Gasteiger partial charge in [-0.1, -0.05) is 12.5 Å². The smallest absolute Gasteiger partial charge is 0.0807 e. The summed E-state index contributed by atoms with van der Waals surface area (Å²) in [5.41, 5.74) is 2.49. The first-order chi connectivity index (χ1) is 8.33. The lowest BCUT2D eigenvalue weighted by Gasteiger charge is -2.06. The number of aliphatic hydroxyl groups is 1. The molecule has 2 aromatic rings. The second-order valence-corrected chi connectivity index (χ2v) is 5.78. The molecule has 1 aliphatic rings. The Hall–Kier alpha value is -1.06. The predicted octanol–water partition coefficient (Wildman–Crippen LogP) is 3.36. The number of nitrogens with zero attached hydrogens (tertiary/aromatic N) is 1. The van der Waals surface area contributed by atoms with Gasteiger partial charge in [-0.15, -0.1) is 11.3 Å². The Labute approximate surface area is 106 Å². The molecule has 0 saturated carbocycles. The fourth-order valence-electron chi connectivity index (χ4n) is 2.56. The predicted molar refractivity (Wildman–Crippen MR) is 70.4 cm³/mol. The van der Waals surface area contributed by atoms with Crippen LogP contribution in [-0.2, 0) is 13.0 Å². The van der Waals surface area contributed by atoms with Crippen LogP contribution in [0, 0.1) is 0 Å². The topological polar surface area (TPSA) is 25.2 Å². The number of hydrogen-bond acceptors (Lipinski definition) is 2. The molecule has 2 heterocycles. The van der Waals surface area contributed by atoms with Crippen LogP contribution in [0.1, 0.15) is 41.4 Å². The average molecular weight is 247 g/mol. The molecule has 3 rings (SSSR count). The number of rotatable bonds is 2. The van der Waals surface area contributed by atoms with Gasteiger partial charge in [0.2, 0.25) is 0 Å². The van der Waals surface area contributed by atoms with Crippen molar-refractivity contribution < 1.29 is 5.11 Å². The van der Waals surface area contributed by atoms with Gasteiger partial charge in [-0.05, 0) is 36.3 Å². The van der Waals surface area contributed by atoms with Gasteiger partial charge in [0.05, 0.1) is 12.6 Å². The average Bonchev–Trinajstić information content (AvgIpc) is 2.92. The number of thiophene rings is 1. The van der Waals surface area contributed by atoms with Crippen molar-refractivity contribution in [3.63, 3.8) is 0 Å². The van der Waals surface area contributed by atoms with Gasteiger partial charge in [-0.3, -0.25) is 0 Å².